The van der Waals surface area contributed by atoms with Gasteiger partial charge in [0.25, 0.3) is 0 Å². The molecule has 5 heteroatoms. The highest BCUT2D eigenvalue weighted by Gasteiger charge is 2.30. The normalized spacial score (nSPS) is 13.2. The predicted octanol–water partition coefficient (Wildman–Crippen LogP) is 3.97. The van der Waals surface area contributed by atoms with Gasteiger partial charge in [-0.2, -0.15) is 13.2 Å². The molecule has 1 rings (SSSR count). The maximum atomic E-state index is 12.4. The topological polar surface area (TPSA) is 37.3 Å². The fourth-order valence-corrected chi connectivity index (χ4v) is 1.66. The van der Waals surface area contributed by atoms with Crippen LogP contribution in [0.2, 0.25) is 0 Å². The molecule has 2 nitrogen and oxygen atoms in total. The second kappa shape index (κ2) is 5.25. The van der Waals surface area contributed by atoms with Gasteiger partial charge in [-0.05, 0) is 36.6 Å². The molecule has 1 aromatic carbocycles. The Balaban J connectivity index is 3.17. The van der Waals surface area contributed by atoms with Crippen molar-refractivity contribution < 1.29 is 23.1 Å². The third kappa shape index (κ3) is 3.12. The number of aliphatic carboxylic acids is 1. The Morgan fingerprint density at radius 3 is 2.06 bits per heavy atom. The third-order valence-electron chi connectivity index (χ3n) is 2.71. The van der Waals surface area contributed by atoms with E-state index in [1.54, 1.807) is 13.8 Å². The van der Waals surface area contributed by atoms with Gasteiger partial charge in [0.2, 0.25) is 0 Å². The van der Waals surface area contributed by atoms with Crippen LogP contribution in [0.3, 0.4) is 0 Å². The lowest BCUT2D eigenvalue weighted by atomic mass is 9.99. The predicted molar refractivity (Wildman–Crippen MR) is 62.0 cm³/mol. The summed E-state index contributed by atoms with van der Waals surface area (Å²) in [7, 11) is 0. The van der Waals surface area contributed by atoms with Crippen LogP contribution in [-0.4, -0.2) is 11.1 Å². The van der Waals surface area contributed by atoms with E-state index in [1.807, 2.05) is 0 Å². The molecule has 0 heterocycles. The summed E-state index contributed by atoms with van der Waals surface area (Å²) in [5.74, 6) is -1.05. The summed E-state index contributed by atoms with van der Waals surface area (Å²) in [6, 6.07) is 4.48. The Bertz CT molecular complexity index is 470. The van der Waals surface area contributed by atoms with Crippen molar-refractivity contribution in [3.63, 3.8) is 0 Å². The first kappa shape index (κ1) is 14.3. The van der Waals surface area contributed by atoms with Gasteiger partial charge in [-0.25, -0.2) is 4.79 Å². The molecule has 0 unspecified atom stereocenters. The van der Waals surface area contributed by atoms with Crippen molar-refractivity contribution in [3.05, 3.63) is 41.0 Å². The van der Waals surface area contributed by atoms with Crippen LogP contribution >= 0.6 is 0 Å². The number of hydrogen-bond acceptors (Lipinski definition) is 1. The molecular formula is C13H13F3O2. The zero-order valence-corrected chi connectivity index (χ0v) is 10.0. The van der Waals surface area contributed by atoms with E-state index in [9.17, 15) is 18.0 Å². The number of rotatable bonds is 3. The van der Waals surface area contributed by atoms with Gasteiger partial charge in [-0.15, -0.1) is 0 Å². The van der Waals surface area contributed by atoms with Gasteiger partial charge in [-0.1, -0.05) is 19.1 Å². The number of carboxylic acid groups (broad SMARTS) is 1. The van der Waals surface area contributed by atoms with Crippen LogP contribution in [-0.2, 0) is 11.0 Å². The average molecular weight is 258 g/mol. The largest absolute Gasteiger partial charge is 0.478 e. The molecule has 98 valence electrons. The number of benzene rings is 1. The van der Waals surface area contributed by atoms with Crippen LogP contribution in [0.15, 0.2) is 29.8 Å². The lowest BCUT2D eigenvalue weighted by Gasteiger charge is -2.09. The van der Waals surface area contributed by atoms with Gasteiger partial charge in [0.05, 0.1) is 5.56 Å². The maximum absolute atomic E-state index is 12.4. The zero-order chi connectivity index (χ0) is 13.9. The number of carboxylic acids is 1. The summed E-state index contributed by atoms with van der Waals surface area (Å²) < 4.78 is 37.1. The van der Waals surface area contributed by atoms with Crippen molar-refractivity contribution in [2.45, 2.75) is 26.4 Å². The highest BCUT2D eigenvalue weighted by molar-refractivity contribution is 5.95. The molecule has 0 amide bonds. The summed E-state index contributed by atoms with van der Waals surface area (Å²) in [5, 5.41) is 8.95. The van der Waals surface area contributed by atoms with Crippen molar-refractivity contribution in [2.75, 3.05) is 0 Å². The van der Waals surface area contributed by atoms with E-state index in [0.29, 0.717) is 17.6 Å². The summed E-state index contributed by atoms with van der Waals surface area (Å²) >= 11 is 0. The molecule has 18 heavy (non-hydrogen) atoms. The zero-order valence-electron chi connectivity index (χ0n) is 10.0. The summed E-state index contributed by atoms with van der Waals surface area (Å²) in [5.41, 5.74) is 0.433. The Morgan fingerprint density at radius 1 is 1.22 bits per heavy atom. The highest BCUT2D eigenvalue weighted by Crippen LogP contribution is 2.30. The highest BCUT2D eigenvalue weighted by atomic mass is 19.4. The molecule has 0 spiro atoms. The van der Waals surface area contributed by atoms with Crippen molar-refractivity contribution in [1.29, 1.82) is 0 Å². The monoisotopic (exact) mass is 258 g/mol. The van der Waals surface area contributed by atoms with Gasteiger partial charge in [0, 0.05) is 5.57 Å². The smallest absolute Gasteiger partial charge is 0.416 e. The van der Waals surface area contributed by atoms with Crippen LogP contribution in [0.1, 0.15) is 31.4 Å². The summed E-state index contributed by atoms with van der Waals surface area (Å²) in [6.45, 7) is 3.28. The van der Waals surface area contributed by atoms with Crippen LogP contribution in [0, 0.1) is 0 Å². The first-order valence-corrected chi connectivity index (χ1v) is 5.38. The van der Waals surface area contributed by atoms with Crippen LogP contribution < -0.4 is 0 Å². The molecule has 0 radical (unpaired) electrons. The second-order valence-electron chi connectivity index (χ2n) is 3.84. The molecule has 0 aromatic heterocycles. The maximum Gasteiger partial charge on any atom is 0.416 e. The molecule has 0 fully saturated rings. The van der Waals surface area contributed by atoms with Gasteiger partial charge in [-0.3, -0.25) is 0 Å². The van der Waals surface area contributed by atoms with Gasteiger partial charge < -0.3 is 5.11 Å². The molecular weight excluding hydrogens is 245 g/mol. The number of hydrogen-bond donors (Lipinski definition) is 1. The Kier molecular flexibility index (Phi) is 4.16. The van der Waals surface area contributed by atoms with E-state index in [1.165, 1.54) is 12.1 Å². The van der Waals surface area contributed by atoms with Crippen LogP contribution in [0.25, 0.3) is 5.57 Å². The molecule has 0 bridgehead atoms. The molecule has 0 saturated heterocycles. The summed E-state index contributed by atoms with van der Waals surface area (Å²) in [4.78, 5) is 10.9. The minimum absolute atomic E-state index is 0.203. The van der Waals surface area contributed by atoms with Gasteiger partial charge in [0.15, 0.2) is 0 Å². The third-order valence-corrected chi connectivity index (χ3v) is 2.71. The van der Waals surface area contributed by atoms with Crippen LogP contribution in [0.5, 0.6) is 0 Å². The lowest BCUT2D eigenvalue weighted by molar-refractivity contribution is -0.137. The van der Waals surface area contributed by atoms with Gasteiger partial charge >= 0.3 is 12.1 Å². The van der Waals surface area contributed by atoms with E-state index >= 15 is 0 Å². The quantitative estimate of drug-likeness (QED) is 0.833. The number of carbonyl (C=O) groups is 1. The Hall–Kier alpha value is -1.78. The minimum Gasteiger partial charge on any atom is -0.478 e. The van der Waals surface area contributed by atoms with E-state index in [0.717, 1.165) is 12.1 Å². The lowest BCUT2D eigenvalue weighted by Crippen LogP contribution is -2.05. The van der Waals surface area contributed by atoms with E-state index in [4.69, 9.17) is 5.11 Å². The van der Waals surface area contributed by atoms with Gasteiger partial charge in [0.1, 0.15) is 0 Å². The molecule has 0 aliphatic rings. The Labute approximate surface area is 103 Å². The number of alkyl halides is 3. The van der Waals surface area contributed by atoms with Crippen LogP contribution in [0.4, 0.5) is 13.2 Å². The molecule has 0 aliphatic heterocycles. The first-order chi connectivity index (χ1) is 8.27. The molecule has 1 aromatic rings. The van der Waals surface area contributed by atoms with E-state index in [2.05, 4.69) is 0 Å². The minimum atomic E-state index is -4.38. The van der Waals surface area contributed by atoms with Crippen molar-refractivity contribution >= 4 is 11.5 Å². The first-order valence-electron chi connectivity index (χ1n) is 5.38. The van der Waals surface area contributed by atoms with Crippen molar-refractivity contribution in [2.24, 2.45) is 0 Å². The standard InChI is InChI=1S/C13H13F3O2/c1-3-11(12(17)18)8(2)9-4-6-10(7-5-9)13(14,15)16/h4-7H,3H2,1-2H3,(H,17,18). The fraction of sp³-hybridized carbons (Fsp3) is 0.308. The van der Waals surface area contributed by atoms with E-state index < -0.39 is 17.7 Å². The second-order valence-corrected chi connectivity index (χ2v) is 3.84. The SMILES string of the molecule is CCC(C(=O)O)=C(C)c1ccc(C(F)(F)F)cc1. The van der Waals surface area contributed by atoms with Crippen molar-refractivity contribution in [1.82, 2.24) is 0 Å². The summed E-state index contributed by atoms with van der Waals surface area (Å²) in [6.07, 6.45) is -4.06. The Morgan fingerprint density at radius 2 is 1.72 bits per heavy atom. The molecule has 0 saturated carbocycles. The molecule has 0 aliphatic carbocycles. The van der Waals surface area contributed by atoms with E-state index in [-0.39, 0.29) is 5.57 Å². The number of halogens is 3. The number of allylic oxidation sites excluding steroid dienone is 1. The van der Waals surface area contributed by atoms with Crippen molar-refractivity contribution in [3.8, 4) is 0 Å². The molecule has 1 N–H and O–H groups in total. The molecule has 0 atom stereocenters. The average Bonchev–Trinajstić information content (AvgIpc) is 2.28. The fourth-order valence-electron chi connectivity index (χ4n) is 1.66.